The molecule has 0 saturated carbocycles. The van der Waals surface area contributed by atoms with E-state index in [-0.39, 0.29) is 17.2 Å². The van der Waals surface area contributed by atoms with Crippen LogP contribution in [-0.2, 0) is 11.2 Å². The minimum Gasteiger partial charge on any atom is -0.478 e. The lowest BCUT2D eigenvalue weighted by Gasteiger charge is -2.22. The molecule has 1 atom stereocenters. The minimum absolute atomic E-state index is 0.0582. The van der Waals surface area contributed by atoms with Crippen LogP contribution in [0.15, 0.2) is 84.9 Å². The Balaban J connectivity index is 1.68. The minimum atomic E-state index is -1.19. The molecule has 2 amide bonds. The van der Waals surface area contributed by atoms with Gasteiger partial charge < -0.3 is 25.8 Å². The molecule has 4 rings (SSSR count). The predicted octanol–water partition coefficient (Wildman–Crippen LogP) is 7.47. The third-order valence-corrected chi connectivity index (χ3v) is 6.48. The highest BCUT2D eigenvalue weighted by Crippen LogP contribution is 2.33. The van der Waals surface area contributed by atoms with Gasteiger partial charge in [-0.25, -0.2) is 14.0 Å². The molecule has 0 aliphatic heterocycles. The number of urea groups is 1. The van der Waals surface area contributed by atoms with Gasteiger partial charge in [-0.05, 0) is 84.6 Å². The molecule has 0 spiro atoms. The number of halogens is 2. The van der Waals surface area contributed by atoms with E-state index in [2.05, 4.69) is 16.0 Å². The summed E-state index contributed by atoms with van der Waals surface area (Å²) in [5.74, 6) is -1.76. The highest BCUT2D eigenvalue weighted by Gasteiger charge is 2.18. The zero-order chi connectivity index (χ0) is 28.6. The first-order valence-electron chi connectivity index (χ1n) is 12.5. The second-order valence-corrected chi connectivity index (χ2v) is 9.76. The molecule has 9 heteroatoms. The SMILES string of the molecule is COCC(Cc1ccc(Cl)cc1)Nc1ccc(-c2cc(F)ccc2C(=O)O)cc1NC(=O)Nc1ccc(C)cc1. The summed E-state index contributed by atoms with van der Waals surface area (Å²) in [7, 11) is 1.60. The molecule has 7 nitrogen and oxygen atoms in total. The van der Waals surface area contributed by atoms with Crippen LogP contribution in [0.25, 0.3) is 11.1 Å². The third kappa shape index (κ3) is 7.59. The molecule has 0 aromatic heterocycles. The molecule has 0 bridgehead atoms. The van der Waals surface area contributed by atoms with E-state index in [9.17, 15) is 19.1 Å². The summed E-state index contributed by atoms with van der Waals surface area (Å²) in [5.41, 5.74) is 4.20. The van der Waals surface area contributed by atoms with Crippen molar-refractivity contribution in [2.75, 3.05) is 29.7 Å². The molecule has 0 fully saturated rings. The van der Waals surface area contributed by atoms with Gasteiger partial charge in [0.2, 0.25) is 0 Å². The van der Waals surface area contributed by atoms with Gasteiger partial charge in [0.25, 0.3) is 0 Å². The number of methoxy groups -OCH3 is 1. The molecule has 1 unspecified atom stereocenters. The number of hydrogen-bond donors (Lipinski definition) is 4. The summed E-state index contributed by atoms with van der Waals surface area (Å²) in [6.07, 6.45) is 0.606. The van der Waals surface area contributed by atoms with E-state index in [1.165, 1.54) is 6.07 Å². The average Bonchev–Trinajstić information content (AvgIpc) is 2.92. The molecule has 4 aromatic rings. The smallest absolute Gasteiger partial charge is 0.336 e. The standard InChI is InChI=1S/C31H29ClFN3O4/c1-19-3-11-24(12-4-19)35-31(39)36-29-16-21(27-17-23(33)10-13-26(27)30(37)38)7-14-28(29)34-25(18-40-2)15-20-5-8-22(32)9-6-20/h3-14,16-17,25,34H,15,18H2,1-2H3,(H,37,38)(H2,35,36,39). The summed E-state index contributed by atoms with van der Waals surface area (Å²) in [6.45, 7) is 2.32. The third-order valence-electron chi connectivity index (χ3n) is 6.22. The average molecular weight is 562 g/mol. The van der Waals surface area contributed by atoms with Gasteiger partial charge in [0.1, 0.15) is 5.82 Å². The lowest BCUT2D eigenvalue weighted by molar-refractivity contribution is 0.0697. The van der Waals surface area contributed by atoms with Gasteiger partial charge in [-0.1, -0.05) is 47.5 Å². The van der Waals surface area contributed by atoms with Crippen molar-refractivity contribution >= 4 is 40.7 Å². The van der Waals surface area contributed by atoms with E-state index in [1.807, 2.05) is 43.3 Å². The summed E-state index contributed by atoms with van der Waals surface area (Å²) in [6, 6.07) is 22.7. The second kappa shape index (κ2) is 13.1. The van der Waals surface area contributed by atoms with Crippen molar-refractivity contribution in [3.63, 3.8) is 0 Å². The summed E-state index contributed by atoms with van der Waals surface area (Å²) < 4.78 is 19.6. The maximum atomic E-state index is 14.1. The molecule has 0 heterocycles. The van der Waals surface area contributed by atoms with Gasteiger partial charge >= 0.3 is 12.0 Å². The van der Waals surface area contributed by atoms with Gasteiger partial charge in [-0.2, -0.15) is 0 Å². The number of carboxylic acids is 1. The van der Waals surface area contributed by atoms with Crippen LogP contribution in [0, 0.1) is 12.7 Å². The second-order valence-electron chi connectivity index (χ2n) is 9.33. The van der Waals surface area contributed by atoms with Crippen molar-refractivity contribution in [2.24, 2.45) is 0 Å². The molecular formula is C31H29ClFN3O4. The maximum Gasteiger partial charge on any atom is 0.336 e. The normalized spacial score (nSPS) is 11.5. The number of amides is 2. The number of aryl methyl sites for hydroxylation is 1. The van der Waals surface area contributed by atoms with E-state index < -0.39 is 17.8 Å². The fourth-order valence-corrected chi connectivity index (χ4v) is 4.41. The monoisotopic (exact) mass is 561 g/mol. The molecular weight excluding hydrogens is 533 g/mol. The van der Waals surface area contributed by atoms with Crippen LogP contribution in [-0.4, -0.2) is 36.9 Å². The van der Waals surface area contributed by atoms with Crippen molar-refractivity contribution in [1.29, 1.82) is 0 Å². The van der Waals surface area contributed by atoms with Crippen molar-refractivity contribution in [3.05, 3.63) is 112 Å². The summed E-state index contributed by atoms with van der Waals surface area (Å²) in [5, 5.41) is 19.4. The number of nitrogens with one attached hydrogen (secondary N) is 3. The molecule has 0 radical (unpaired) electrons. The van der Waals surface area contributed by atoms with E-state index >= 15 is 0 Å². The zero-order valence-corrected chi connectivity index (χ0v) is 22.8. The summed E-state index contributed by atoms with van der Waals surface area (Å²) >= 11 is 6.03. The Labute approximate surface area is 237 Å². The topological polar surface area (TPSA) is 99.7 Å². The molecule has 40 heavy (non-hydrogen) atoms. The van der Waals surface area contributed by atoms with Gasteiger partial charge in [-0.15, -0.1) is 0 Å². The fourth-order valence-electron chi connectivity index (χ4n) is 4.28. The highest BCUT2D eigenvalue weighted by molar-refractivity contribution is 6.30. The van der Waals surface area contributed by atoms with Gasteiger partial charge in [0.15, 0.2) is 0 Å². The summed E-state index contributed by atoms with van der Waals surface area (Å²) in [4.78, 5) is 24.8. The quantitative estimate of drug-likeness (QED) is 0.161. The van der Waals surface area contributed by atoms with Crippen LogP contribution in [0.3, 0.4) is 0 Å². The largest absolute Gasteiger partial charge is 0.478 e. The number of anilines is 3. The molecule has 0 aliphatic carbocycles. The Kier molecular flexibility index (Phi) is 9.37. The number of carboxylic acid groups (broad SMARTS) is 1. The van der Waals surface area contributed by atoms with Gasteiger partial charge in [-0.3, -0.25) is 0 Å². The van der Waals surface area contributed by atoms with Crippen LogP contribution in [0.1, 0.15) is 21.5 Å². The number of benzene rings is 4. The molecule has 0 aliphatic rings. The Bertz CT molecular complexity index is 1490. The molecule has 0 saturated heterocycles. The van der Waals surface area contributed by atoms with Crippen molar-refractivity contribution < 1.29 is 23.8 Å². The lowest BCUT2D eigenvalue weighted by Crippen LogP contribution is -2.28. The molecule has 4 aromatic carbocycles. The van der Waals surface area contributed by atoms with Crippen LogP contribution >= 0.6 is 11.6 Å². The van der Waals surface area contributed by atoms with Crippen molar-refractivity contribution in [2.45, 2.75) is 19.4 Å². The number of ether oxygens (including phenoxy) is 1. The highest BCUT2D eigenvalue weighted by atomic mass is 35.5. The first-order valence-corrected chi connectivity index (χ1v) is 12.9. The van der Waals surface area contributed by atoms with E-state index in [0.717, 1.165) is 23.3 Å². The Hall–Kier alpha value is -4.40. The molecule has 4 N–H and O–H groups in total. The Morgan fingerprint density at radius 3 is 2.33 bits per heavy atom. The van der Waals surface area contributed by atoms with Crippen LogP contribution in [0.4, 0.5) is 26.2 Å². The predicted molar refractivity (Wildman–Crippen MR) is 157 cm³/mol. The van der Waals surface area contributed by atoms with Crippen molar-refractivity contribution in [3.8, 4) is 11.1 Å². The Morgan fingerprint density at radius 2 is 1.65 bits per heavy atom. The van der Waals surface area contributed by atoms with Gasteiger partial charge in [0.05, 0.1) is 29.6 Å². The number of aromatic carboxylic acids is 1. The van der Waals surface area contributed by atoms with Crippen LogP contribution in [0.5, 0.6) is 0 Å². The van der Waals surface area contributed by atoms with Crippen molar-refractivity contribution in [1.82, 2.24) is 0 Å². The number of carbonyl (C=O) groups is 2. The van der Waals surface area contributed by atoms with E-state index in [0.29, 0.717) is 40.7 Å². The fraction of sp³-hybridized carbons (Fsp3) is 0.161. The van der Waals surface area contributed by atoms with Crippen LogP contribution in [0.2, 0.25) is 5.02 Å². The maximum absolute atomic E-state index is 14.1. The zero-order valence-electron chi connectivity index (χ0n) is 22.0. The van der Waals surface area contributed by atoms with Crippen LogP contribution < -0.4 is 16.0 Å². The van der Waals surface area contributed by atoms with Gasteiger partial charge in [0, 0.05) is 17.8 Å². The number of rotatable bonds is 10. The first-order chi connectivity index (χ1) is 19.2. The van der Waals surface area contributed by atoms with E-state index in [1.54, 1.807) is 37.4 Å². The van der Waals surface area contributed by atoms with E-state index in [4.69, 9.17) is 16.3 Å². The number of hydrogen-bond acceptors (Lipinski definition) is 4. The molecule has 206 valence electrons. The first kappa shape index (κ1) is 28.6. The lowest BCUT2D eigenvalue weighted by atomic mass is 9.98. The Morgan fingerprint density at radius 1 is 0.925 bits per heavy atom. The number of carbonyl (C=O) groups excluding carboxylic acids is 1.